The number of amides is 5. The molecule has 0 atom stereocenters. The molecule has 412 valence electrons. The third-order valence-electron chi connectivity index (χ3n) is 10.3. The highest BCUT2D eigenvalue weighted by Crippen LogP contribution is 2.28. The van der Waals surface area contributed by atoms with E-state index in [1.807, 2.05) is 37.5 Å². The first-order valence-electron chi connectivity index (χ1n) is 25.0. The molecule has 0 bridgehead atoms. The Balaban J connectivity index is 0.846. The molecule has 0 aromatic carbocycles. The normalized spacial score (nSPS) is 14.2. The molecule has 1 aromatic heterocycles. The summed E-state index contributed by atoms with van der Waals surface area (Å²) in [5, 5.41) is 6.85. The second kappa shape index (κ2) is 38.1. The van der Waals surface area contributed by atoms with Crippen molar-refractivity contribution in [2.45, 2.75) is 33.1 Å². The number of nitrogens with two attached hydrogens (primary N) is 2. The van der Waals surface area contributed by atoms with Crippen molar-refractivity contribution in [3.05, 3.63) is 59.1 Å². The predicted octanol–water partition coefficient (Wildman–Crippen LogP) is -0.933. The van der Waals surface area contributed by atoms with Gasteiger partial charge in [-0.25, -0.2) is 20.9 Å². The van der Waals surface area contributed by atoms with Crippen LogP contribution in [0, 0.1) is 0 Å². The minimum atomic E-state index is -0.499. The van der Waals surface area contributed by atoms with Crippen molar-refractivity contribution in [1.82, 2.24) is 31.0 Å². The summed E-state index contributed by atoms with van der Waals surface area (Å²) in [6.45, 7) is 13.0. The Morgan fingerprint density at radius 2 is 1.22 bits per heavy atom. The fourth-order valence-corrected chi connectivity index (χ4v) is 6.63. The highest BCUT2D eigenvalue weighted by molar-refractivity contribution is 6.14. The van der Waals surface area contributed by atoms with E-state index in [9.17, 15) is 24.0 Å². The number of quaternary nitrogens is 1. The fraction of sp³-hybridized carbons (Fsp3) is 0.612. The number of allylic oxidation sites excluding steroid dienone is 2. The SMILES string of the molecule is CCCN(OCC)C(=O)C1=Cc2ncc(C3=CC=C(CNC(=O)CCOCCOCCOCCOCCOCCOCCOCCOCCOCCOCCNC(=O)CN4C(=O)C=CC4=O)N[NH2+]3)cc2N=C(N)C1. The maximum atomic E-state index is 13.2. The summed E-state index contributed by atoms with van der Waals surface area (Å²) < 4.78 is 54.9. The number of rotatable bonds is 43. The summed E-state index contributed by atoms with van der Waals surface area (Å²) in [4.78, 5) is 75.9. The number of imide groups is 1. The van der Waals surface area contributed by atoms with E-state index in [1.165, 1.54) is 5.06 Å². The lowest BCUT2D eigenvalue weighted by molar-refractivity contribution is -0.619. The van der Waals surface area contributed by atoms with E-state index >= 15 is 0 Å². The lowest BCUT2D eigenvalue weighted by Crippen LogP contribution is -2.91. The van der Waals surface area contributed by atoms with Gasteiger partial charge >= 0.3 is 0 Å². The average Bonchev–Trinajstić information content (AvgIpc) is 3.60. The third-order valence-corrected chi connectivity index (χ3v) is 10.3. The predicted molar refractivity (Wildman–Crippen MR) is 268 cm³/mol. The first-order valence-corrected chi connectivity index (χ1v) is 25.0. The zero-order valence-electron chi connectivity index (χ0n) is 42.8. The largest absolute Gasteiger partial charge is 0.387 e. The molecule has 74 heavy (non-hydrogen) atoms. The fourth-order valence-electron chi connectivity index (χ4n) is 6.63. The lowest BCUT2D eigenvalue weighted by Gasteiger charge is -2.21. The van der Waals surface area contributed by atoms with Crippen LogP contribution in [0.3, 0.4) is 0 Å². The first-order chi connectivity index (χ1) is 36.2. The number of carbonyl (C=O) groups is 5. The minimum absolute atomic E-state index is 0.135. The van der Waals surface area contributed by atoms with Crippen LogP contribution in [-0.4, -0.2) is 215 Å². The van der Waals surface area contributed by atoms with E-state index < -0.39 is 17.7 Å². The number of nitrogens with one attached hydrogen (secondary N) is 3. The number of amidine groups is 1. The number of nitrogens with zero attached hydrogens (tertiary/aromatic N) is 4. The molecule has 3 aliphatic heterocycles. The quantitative estimate of drug-likeness (QED) is 0.0228. The van der Waals surface area contributed by atoms with Gasteiger partial charge in [-0.2, -0.15) is 0 Å². The summed E-state index contributed by atoms with van der Waals surface area (Å²) in [6.07, 6.45) is 10.7. The van der Waals surface area contributed by atoms with E-state index in [0.717, 1.165) is 40.4 Å². The number of aromatic nitrogens is 1. The van der Waals surface area contributed by atoms with Gasteiger partial charge < -0.3 is 63.7 Å². The van der Waals surface area contributed by atoms with Crippen LogP contribution in [0.5, 0.6) is 0 Å². The summed E-state index contributed by atoms with van der Waals surface area (Å²) in [7, 11) is 0. The second-order valence-corrected chi connectivity index (χ2v) is 16.1. The molecule has 0 spiro atoms. The molecule has 25 nitrogen and oxygen atoms in total. The summed E-state index contributed by atoms with van der Waals surface area (Å²) >= 11 is 0. The second-order valence-electron chi connectivity index (χ2n) is 16.1. The van der Waals surface area contributed by atoms with Crippen LogP contribution in [0.2, 0.25) is 0 Å². The molecule has 4 heterocycles. The molecule has 25 heteroatoms. The Morgan fingerprint density at radius 3 is 1.70 bits per heavy atom. The van der Waals surface area contributed by atoms with Crippen LogP contribution in [0.4, 0.5) is 5.69 Å². The number of fused-ring (bicyclic) bond motifs is 1. The van der Waals surface area contributed by atoms with Crippen LogP contribution in [0.1, 0.15) is 44.4 Å². The molecular formula is C49H76N9O16+. The highest BCUT2D eigenvalue weighted by Gasteiger charge is 2.26. The van der Waals surface area contributed by atoms with Crippen molar-refractivity contribution in [2.75, 3.05) is 165 Å². The molecule has 7 N–H and O–H groups in total. The average molecular weight is 1050 g/mol. The Labute approximate surface area is 432 Å². The summed E-state index contributed by atoms with van der Waals surface area (Å²) in [5.41, 5.74) is 15.3. The van der Waals surface area contributed by atoms with Crippen LogP contribution < -0.4 is 27.2 Å². The third kappa shape index (κ3) is 25.6. The number of aliphatic imine (C=N–C) groups is 1. The van der Waals surface area contributed by atoms with Gasteiger partial charge in [0.1, 0.15) is 12.4 Å². The number of carbonyl (C=O) groups excluding carboxylic acids is 5. The molecule has 0 fully saturated rings. The van der Waals surface area contributed by atoms with E-state index in [0.29, 0.717) is 161 Å². The molecule has 0 saturated heterocycles. The minimum Gasteiger partial charge on any atom is -0.387 e. The van der Waals surface area contributed by atoms with Crippen molar-refractivity contribution in [3.63, 3.8) is 0 Å². The summed E-state index contributed by atoms with van der Waals surface area (Å²) in [6, 6.07) is 1.88. The van der Waals surface area contributed by atoms with Gasteiger partial charge in [-0.05, 0) is 31.6 Å². The molecule has 0 unspecified atom stereocenters. The Hall–Kier alpha value is -5.55. The van der Waals surface area contributed by atoms with E-state index in [-0.39, 0.29) is 51.0 Å². The van der Waals surface area contributed by atoms with Gasteiger partial charge in [-0.15, -0.1) is 0 Å². The van der Waals surface area contributed by atoms with Crippen molar-refractivity contribution < 1.29 is 81.6 Å². The van der Waals surface area contributed by atoms with Crippen LogP contribution in [-0.2, 0) is 76.2 Å². The van der Waals surface area contributed by atoms with Gasteiger partial charge in [-0.1, -0.05) is 6.92 Å². The lowest BCUT2D eigenvalue weighted by atomic mass is 10.1. The Bertz CT molecular complexity index is 2010. The molecule has 0 saturated carbocycles. The van der Waals surface area contributed by atoms with E-state index in [2.05, 4.69) is 26.0 Å². The smallest absolute Gasteiger partial charge is 0.273 e. The van der Waals surface area contributed by atoms with Gasteiger partial charge in [0.15, 0.2) is 5.70 Å². The van der Waals surface area contributed by atoms with Gasteiger partial charge in [0, 0.05) is 55.9 Å². The highest BCUT2D eigenvalue weighted by atomic mass is 16.7. The standard InChI is InChI=1S/C49H75N9O16/c1-3-11-58(74-4-2)49(63)38-32-42-43(54-44(50)34-38)33-39(35-52-42)41-6-5-40(55-56-41)36-53-45(59)9-12-64-14-16-66-18-20-68-22-24-70-26-28-72-30-31-73-29-27-71-25-23-69-21-19-67-17-15-65-13-10-51-46(60)37-57-47(61)7-8-48(57)62/h5-8,32-33,35,55-56H,3-4,9-31,34,36-37H2,1-2H3,(H2,50,54)(H,51,60)(H,53,59)/p+1. The topological polar surface area (TPSA) is 297 Å². The number of hydrogen-bond donors (Lipinski definition) is 5. The maximum Gasteiger partial charge on any atom is 0.273 e. The number of hydroxylamine groups is 2. The van der Waals surface area contributed by atoms with Crippen molar-refractivity contribution in [3.8, 4) is 0 Å². The Kier molecular flexibility index (Phi) is 31.4. The molecule has 0 radical (unpaired) electrons. The van der Waals surface area contributed by atoms with Crippen LogP contribution in [0.15, 0.2) is 52.8 Å². The molecule has 0 aliphatic carbocycles. The summed E-state index contributed by atoms with van der Waals surface area (Å²) in [5.74, 6) is -1.51. The number of pyridine rings is 1. The Morgan fingerprint density at radius 1 is 0.703 bits per heavy atom. The van der Waals surface area contributed by atoms with Gasteiger partial charge in [-0.3, -0.25) is 38.7 Å². The van der Waals surface area contributed by atoms with Crippen LogP contribution in [0.25, 0.3) is 11.8 Å². The van der Waals surface area contributed by atoms with E-state index in [4.69, 9.17) is 57.9 Å². The van der Waals surface area contributed by atoms with Gasteiger partial charge in [0.25, 0.3) is 17.7 Å². The first kappa shape index (κ1) is 61.0. The number of ether oxygens (including phenoxy) is 10. The van der Waals surface area contributed by atoms with E-state index in [1.54, 1.807) is 12.3 Å². The maximum absolute atomic E-state index is 13.2. The number of hydrogen-bond acceptors (Lipinski definition) is 20. The molecule has 3 aliphatic rings. The van der Waals surface area contributed by atoms with Crippen molar-refractivity contribution in [1.29, 1.82) is 0 Å². The van der Waals surface area contributed by atoms with Gasteiger partial charge in [0.2, 0.25) is 11.8 Å². The zero-order chi connectivity index (χ0) is 52.9. The monoisotopic (exact) mass is 1050 g/mol. The van der Waals surface area contributed by atoms with Crippen molar-refractivity contribution in [2.24, 2.45) is 10.7 Å². The molecule has 4 rings (SSSR count). The molecule has 1 aromatic rings. The van der Waals surface area contributed by atoms with Gasteiger partial charge in [0.05, 0.1) is 168 Å². The van der Waals surface area contributed by atoms with Crippen molar-refractivity contribution >= 4 is 52.8 Å². The van der Waals surface area contributed by atoms with Crippen LogP contribution >= 0.6 is 0 Å². The zero-order valence-corrected chi connectivity index (χ0v) is 42.8. The molecule has 5 amide bonds. The molecular weight excluding hydrogens is 971 g/mol.